The number of carbonyl (C=O) groups is 1. The average molecular weight is 349 g/mol. The van der Waals surface area contributed by atoms with Crippen molar-refractivity contribution >= 4 is 11.6 Å². The number of hydrogen-bond acceptors (Lipinski definition) is 4. The summed E-state index contributed by atoms with van der Waals surface area (Å²) in [6.07, 6.45) is 5.21. The molecule has 3 aromatic rings. The molecule has 0 aliphatic rings. The molecule has 0 aliphatic carbocycles. The van der Waals surface area contributed by atoms with Crippen LogP contribution in [0.25, 0.3) is 0 Å². The minimum absolute atomic E-state index is 0.0311. The largest absolute Gasteiger partial charge is 0.467 e. The summed E-state index contributed by atoms with van der Waals surface area (Å²) in [6, 6.07) is 13.3. The lowest BCUT2D eigenvalue weighted by molar-refractivity contribution is 0.0725. The molecule has 0 saturated carbocycles. The Morgan fingerprint density at radius 1 is 1.23 bits per heavy atom. The Labute approximate surface area is 153 Å². The lowest BCUT2D eigenvalue weighted by atomic mass is 10.0. The minimum atomic E-state index is -0.135. The molecule has 134 valence electrons. The molecule has 3 rings (SSSR count). The third kappa shape index (κ3) is 3.77. The topological polar surface area (TPSA) is 58.4 Å². The zero-order valence-corrected chi connectivity index (χ0v) is 15.3. The van der Waals surface area contributed by atoms with Crippen molar-refractivity contribution in [3.8, 4) is 0 Å². The van der Waals surface area contributed by atoms with Gasteiger partial charge in [0.1, 0.15) is 5.76 Å². The summed E-state index contributed by atoms with van der Waals surface area (Å²) >= 11 is 0. The molecule has 0 aliphatic heterocycles. The Balaban J connectivity index is 1.76. The van der Waals surface area contributed by atoms with Crippen LogP contribution in [0.4, 0.5) is 5.69 Å². The van der Waals surface area contributed by atoms with Gasteiger partial charge in [0.2, 0.25) is 0 Å². The number of rotatable bonds is 6. The number of benzene rings is 1. The van der Waals surface area contributed by atoms with Crippen LogP contribution in [-0.2, 0) is 6.54 Å². The molecule has 1 unspecified atom stereocenters. The maximum absolute atomic E-state index is 13.0. The maximum Gasteiger partial charge on any atom is 0.254 e. The summed E-state index contributed by atoms with van der Waals surface area (Å²) in [7, 11) is 1.80. The van der Waals surface area contributed by atoms with Crippen molar-refractivity contribution < 1.29 is 9.21 Å². The summed E-state index contributed by atoms with van der Waals surface area (Å²) in [6.45, 7) is 4.58. The van der Waals surface area contributed by atoms with Gasteiger partial charge in [-0.2, -0.15) is 0 Å². The predicted molar refractivity (Wildman–Crippen MR) is 102 cm³/mol. The van der Waals surface area contributed by atoms with Gasteiger partial charge in [0, 0.05) is 37.2 Å². The first-order chi connectivity index (χ1) is 12.6. The van der Waals surface area contributed by atoms with E-state index in [0.717, 1.165) is 22.6 Å². The predicted octanol–water partition coefficient (Wildman–Crippen LogP) is 4.43. The van der Waals surface area contributed by atoms with Crippen molar-refractivity contribution in [2.45, 2.75) is 26.4 Å². The van der Waals surface area contributed by atoms with Crippen LogP contribution in [0.1, 0.15) is 40.2 Å². The summed E-state index contributed by atoms with van der Waals surface area (Å²) < 4.78 is 5.43. The Hall–Kier alpha value is -3.08. The fourth-order valence-electron chi connectivity index (χ4n) is 2.84. The number of nitrogens with zero attached hydrogens (tertiary/aromatic N) is 2. The number of carbonyl (C=O) groups excluding carboxylic acids is 1. The molecule has 0 fully saturated rings. The molecule has 5 heteroatoms. The molecule has 26 heavy (non-hydrogen) atoms. The molecule has 0 bridgehead atoms. The third-order valence-corrected chi connectivity index (χ3v) is 4.63. The molecule has 0 saturated heterocycles. The van der Waals surface area contributed by atoms with Crippen LogP contribution in [0.5, 0.6) is 0 Å². The Morgan fingerprint density at radius 2 is 2.08 bits per heavy atom. The molecule has 2 heterocycles. The SMILES string of the molecule is Cc1c(NCc2cccnc2)cccc1C(=O)N(C)C(C)c1ccco1. The lowest BCUT2D eigenvalue weighted by Crippen LogP contribution is -2.30. The van der Waals surface area contributed by atoms with E-state index in [1.807, 2.05) is 62.5 Å². The third-order valence-electron chi connectivity index (χ3n) is 4.63. The lowest BCUT2D eigenvalue weighted by Gasteiger charge is -2.24. The molecular formula is C21H23N3O2. The monoisotopic (exact) mass is 349 g/mol. The van der Waals surface area contributed by atoms with Crippen molar-refractivity contribution in [2.75, 3.05) is 12.4 Å². The van der Waals surface area contributed by atoms with Crippen molar-refractivity contribution in [1.29, 1.82) is 0 Å². The van der Waals surface area contributed by atoms with Crippen molar-refractivity contribution in [3.63, 3.8) is 0 Å². The minimum Gasteiger partial charge on any atom is -0.467 e. The summed E-state index contributed by atoms with van der Waals surface area (Å²) in [4.78, 5) is 18.8. The molecule has 1 atom stereocenters. The fraction of sp³-hybridized carbons (Fsp3) is 0.238. The second-order valence-corrected chi connectivity index (χ2v) is 6.30. The molecule has 0 spiro atoms. The van der Waals surface area contributed by atoms with Gasteiger partial charge in [0.15, 0.2) is 0 Å². The number of pyridine rings is 1. The van der Waals surface area contributed by atoms with Gasteiger partial charge in [0.25, 0.3) is 5.91 Å². The van der Waals surface area contributed by atoms with E-state index < -0.39 is 0 Å². The standard InChI is InChI=1S/C21H23N3O2/c1-15-18(21(25)24(3)16(2)20-10-6-12-26-20)8-4-9-19(15)23-14-17-7-5-11-22-13-17/h4-13,16,23H,14H2,1-3H3. The molecule has 5 nitrogen and oxygen atoms in total. The quantitative estimate of drug-likeness (QED) is 0.715. The normalized spacial score (nSPS) is 11.8. The zero-order valence-electron chi connectivity index (χ0n) is 15.3. The number of amides is 1. The van der Waals surface area contributed by atoms with Gasteiger partial charge >= 0.3 is 0 Å². The first-order valence-electron chi connectivity index (χ1n) is 8.61. The summed E-state index contributed by atoms with van der Waals surface area (Å²) in [5.74, 6) is 0.737. The Morgan fingerprint density at radius 3 is 2.77 bits per heavy atom. The number of furan rings is 1. The number of anilines is 1. The van der Waals surface area contributed by atoms with E-state index in [9.17, 15) is 4.79 Å². The van der Waals surface area contributed by atoms with E-state index in [2.05, 4.69) is 10.3 Å². The number of nitrogens with one attached hydrogen (secondary N) is 1. The van der Waals surface area contributed by atoms with Gasteiger partial charge in [-0.05, 0) is 55.3 Å². The van der Waals surface area contributed by atoms with Gasteiger partial charge in [-0.15, -0.1) is 0 Å². The second-order valence-electron chi connectivity index (χ2n) is 6.30. The van der Waals surface area contributed by atoms with E-state index >= 15 is 0 Å². The number of hydrogen-bond donors (Lipinski definition) is 1. The first-order valence-corrected chi connectivity index (χ1v) is 8.61. The highest BCUT2D eigenvalue weighted by atomic mass is 16.3. The second kappa shape index (κ2) is 7.87. The smallest absolute Gasteiger partial charge is 0.254 e. The van der Waals surface area contributed by atoms with E-state index in [4.69, 9.17) is 4.42 Å². The van der Waals surface area contributed by atoms with Gasteiger partial charge in [0.05, 0.1) is 12.3 Å². The Kier molecular flexibility index (Phi) is 5.37. The Bertz CT molecular complexity index is 860. The van der Waals surface area contributed by atoms with E-state index in [1.54, 1.807) is 24.4 Å². The molecule has 0 radical (unpaired) electrons. The molecule has 1 aromatic carbocycles. The van der Waals surface area contributed by atoms with Crippen molar-refractivity contribution in [1.82, 2.24) is 9.88 Å². The van der Waals surface area contributed by atoms with E-state index in [1.165, 1.54) is 0 Å². The molecular weight excluding hydrogens is 326 g/mol. The van der Waals surface area contributed by atoms with E-state index in [-0.39, 0.29) is 11.9 Å². The maximum atomic E-state index is 13.0. The van der Waals surface area contributed by atoms with Crippen LogP contribution in [0.15, 0.2) is 65.5 Å². The van der Waals surface area contributed by atoms with Gasteiger partial charge in [-0.25, -0.2) is 0 Å². The first kappa shape index (κ1) is 17.7. The van der Waals surface area contributed by atoms with Crippen molar-refractivity contribution in [2.24, 2.45) is 0 Å². The van der Waals surface area contributed by atoms with Crippen LogP contribution >= 0.6 is 0 Å². The fourth-order valence-corrected chi connectivity index (χ4v) is 2.84. The highest BCUT2D eigenvalue weighted by Gasteiger charge is 2.22. The van der Waals surface area contributed by atoms with Crippen LogP contribution in [0, 0.1) is 6.92 Å². The van der Waals surface area contributed by atoms with Crippen LogP contribution in [0.3, 0.4) is 0 Å². The zero-order chi connectivity index (χ0) is 18.5. The van der Waals surface area contributed by atoms with Crippen LogP contribution in [0.2, 0.25) is 0 Å². The highest BCUT2D eigenvalue weighted by Crippen LogP contribution is 2.25. The van der Waals surface area contributed by atoms with Crippen molar-refractivity contribution in [3.05, 3.63) is 83.6 Å². The highest BCUT2D eigenvalue weighted by molar-refractivity contribution is 5.97. The van der Waals surface area contributed by atoms with Crippen LogP contribution < -0.4 is 5.32 Å². The molecule has 1 amide bonds. The van der Waals surface area contributed by atoms with Gasteiger partial charge in [-0.3, -0.25) is 9.78 Å². The summed E-state index contributed by atoms with van der Waals surface area (Å²) in [5.41, 5.74) is 3.65. The summed E-state index contributed by atoms with van der Waals surface area (Å²) in [5, 5.41) is 3.39. The van der Waals surface area contributed by atoms with Gasteiger partial charge < -0.3 is 14.6 Å². The van der Waals surface area contributed by atoms with E-state index in [0.29, 0.717) is 12.1 Å². The molecule has 1 N–H and O–H groups in total. The van der Waals surface area contributed by atoms with Gasteiger partial charge in [-0.1, -0.05) is 12.1 Å². The molecule has 2 aromatic heterocycles. The number of aromatic nitrogens is 1. The average Bonchev–Trinajstić information content (AvgIpc) is 3.21. The van der Waals surface area contributed by atoms with Crippen LogP contribution in [-0.4, -0.2) is 22.8 Å².